The first-order valence-electron chi connectivity index (χ1n) is 7.77. The molecular formula is C17H23N3O. The van der Waals surface area contributed by atoms with Crippen LogP contribution in [0.3, 0.4) is 0 Å². The smallest absolute Gasteiger partial charge is 0.228 e. The fourth-order valence-electron chi connectivity index (χ4n) is 2.66. The molecule has 1 unspecified atom stereocenters. The van der Waals surface area contributed by atoms with E-state index in [0.717, 1.165) is 23.8 Å². The monoisotopic (exact) mass is 285 g/mol. The molecule has 0 radical (unpaired) electrons. The van der Waals surface area contributed by atoms with Gasteiger partial charge in [-0.2, -0.15) is 4.98 Å². The molecule has 1 aromatic carbocycles. The predicted molar refractivity (Wildman–Crippen MR) is 83.1 cm³/mol. The van der Waals surface area contributed by atoms with E-state index in [1.807, 2.05) is 7.05 Å². The van der Waals surface area contributed by atoms with Gasteiger partial charge in [-0.05, 0) is 37.3 Å². The Hall–Kier alpha value is -1.68. The van der Waals surface area contributed by atoms with Gasteiger partial charge in [-0.15, -0.1) is 0 Å². The highest BCUT2D eigenvalue weighted by molar-refractivity contribution is 5.54. The van der Waals surface area contributed by atoms with Crippen LogP contribution in [0, 0.1) is 5.92 Å². The lowest BCUT2D eigenvalue weighted by molar-refractivity contribution is 0.352. The molecule has 1 heterocycles. The lowest BCUT2D eigenvalue weighted by atomic mass is 10.0. The van der Waals surface area contributed by atoms with Crippen LogP contribution in [0.2, 0.25) is 0 Å². The Kier molecular flexibility index (Phi) is 4.06. The number of hydrogen-bond acceptors (Lipinski definition) is 4. The lowest BCUT2D eigenvalue weighted by Gasteiger charge is -2.11. The van der Waals surface area contributed by atoms with Gasteiger partial charge in [0.2, 0.25) is 11.7 Å². The topological polar surface area (TPSA) is 51.0 Å². The van der Waals surface area contributed by atoms with E-state index in [-0.39, 0.29) is 0 Å². The van der Waals surface area contributed by atoms with E-state index in [1.54, 1.807) is 0 Å². The van der Waals surface area contributed by atoms with Crippen LogP contribution in [0.1, 0.15) is 44.1 Å². The summed E-state index contributed by atoms with van der Waals surface area (Å²) in [6, 6.07) is 8.87. The van der Waals surface area contributed by atoms with Gasteiger partial charge >= 0.3 is 0 Å². The first kappa shape index (κ1) is 14.3. The number of rotatable bonds is 6. The third-order valence-corrected chi connectivity index (χ3v) is 4.26. The second-order valence-electron chi connectivity index (χ2n) is 6.23. The van der Waals surface area contributed by atoms with Gasteiger partial charge in [0.25, 0.3) is 0 Å². The van der Waals surface area contributed by atoms with Gasteiger partial charge in [0.1, 0.15) is 0 Å². The predicted octanol–water partition coefficient (Wildman–Crippen LogP) is 3.40. The Morgan fingerprint density at radius 2 is 1.95 bits per heavy atom. The molecule has 0 spiro atoms. The fourth-order valence-corrected chi connectivity index (χ4v) is 2.66. The molecule has 0 saturated heterocycles. The Labute approximate surface area is 126 Å². The molecule has 1 aromatic heterocycles. The molecule has 3 rings (SSSR count). The molecule has 1 aliphatic carbocycles. The minimum atomic E-state index is 0.460. The van der Waals surface area contributed by atoms with Crippen LogP contribution >= 0.6 is 0 Å². The number of benzene rings is 1. The third kappa shape index (κ3) is 3.32. The summed E-state index contributed by atoms with van der Waals surface area (Å²) in [7, 11) is 2.00. The van der Waals surface area contributed by atoms with E-state index in [4.69, 9.17) is 4.52 Å². The van der Waals surface area contributed by atoms with Crippen molar-refractivity contribution in [2.75, 3.05) is 7.05 Å². The number of nitrogens with one attached hydrogen (secondary N) is 1. The minimum absolute atomic E-state index is 0.460. The molecule has 1 atom stereocenters. The molecule has 21 heavy (non-hydrogen) atoms. The van der Waals surface area contributed by atoms with Crippen LogP contribution < -0.4 is 5.32 Å². The largest absolute Gasteiger partial charge is 0.339 e. The van der Waals surface area contributed by atoms with Crippen molar-refractivity contribution >= 4 is 0 Å². The Morgan fingerprint density at radius 1 is 1.24 bits per heavy atom. The van der Waals surface area contributed by atoms with Crippen molar-refractivity contribution in [3.05, 3.63) is 35.7 Å². The molecule has 4 heteroatoms. The van der Waals surface area contributed by atoms with Gasteiger partial charge in [0.15, 0.2) is 0 Å². The maximum Gasteiger partial charge on any atom is 0.228 e. The van der Waals surface area contributed by atoms with E-state index >= 15 is 0 Å². The zero-order valence-corrected chi connectivity index (χ0v) is 13.0. The van der Waals surface area contributed by atoms with Crippen molar-refractivity contribution < 1.29 is 4.52 Å². The Morgan fingerprint density at radius 3 is 2.52 bits per heavy atom. The molecule has 1 saturated carbocycles. The highest BCUT2D eigenvalue weighted by atomic mass is 16.5. The van der Waals surface area contributed by atoms with Crippen LogP contribution in [0.5, 0.6) is 0 Å². The Balaban J connectivity index is 1.71. The molecule has 0 amide bonds. The Bertz CT molecular complexity index is 584. The van der Waals surface area contributed by atoms with Crippen molar-refractivity contribution in [1.29, 1.82) is 0 Å². The molecular weight excluding hydrogens is 262 g/mol. The van der Waals surface area contributed by atoms with Gasteiger partial charge in [0.05, 0.1) is 0 Å². The normalized spacial score (nSPS) is 16.4. The van der Waals surface area contributed by atoms with Crippen molar-refractivity contribution in [2.24, 2.45) is 5.92 Å². The van der Waals surface area contributed by atoms with E-state index in [0.29, 0.717) is 17.8 Å². The quantitative estimate of drug-likeness (QED) is 0.883. The minimum Gasteiger partial charge on any atom is -0.339 e. The van der Waals surface area contributed by atoms with Crippen LogP contribution in [0.4, 0.5) is 0 Å². The van der Waals surface area contributed by atoms with Gasteiger partial charge in [-0.3, -0.25) is 0 Å². The summed E-state index contributed by atoms with van der Waals surface area (Å²) in [6.45, 7) is 4.38. The lowest BCUT2D eigenvalue weighted by Crippen LogP contribution is -2.29. The second-order valence-corrected chi connectivity index (χ2v) is 6.23. The van der Waals surface area contributed by atoms with Crippen molar-refractivity contribution in [3.63, 3.8) is 0 Å². The molecule has 1 aliphatic rings. The van der Waals surface area contributed by atoms with Crippen LogP contribution in [0.25, 0.3) is 11.4 Å². The summed E-state index contributed by atoms with van der Waals surface area (Å²) in [6.07, 6.45) is 3.44. The summed E-state index contributed by atoms with van der Waals surface area (Å²) in [5, 5.41) is 7.47. The summed E-state index contributed by atoms with van der Waals surface area (Å²) in [5.74, 6) is 2.72. The average molecular weight is 285 g/mol. The van der Waals surface area contributed by atoms with E-state index in [9.17, 15) is 0 Å². The SMILES string of the molecule is CNC(Cc1nc(-c2ccc(C(C)C)cc2)no1)C1CC1. The molecule has 4 nitrogen and oxygen atoms in total. The first-order valence-corrected chi connectivity index (χ1v) is 7.77. The third-order valence-electron chi connectivity index (χ3n) is 4.26. The standard InChI is InChI=1S/C17H23N3O/c1-11(2)12-4-8-14(9-5-12)17-19-16(21-20-17)10-15(18-3)13-6-7-13/h4-5,8-9,11,13,15,18H,6-7,10H2,1-3H3. The second kappa shape index (κ2) is 5.98. The van der Waals surface area contributed by atoms with Crippen LogP contribution in [-0.2, 0) is 6.42 Å². The maximum absolute atomic E-state index is 5.41. The molecule has 112 valence electrons. The van der Waals surface area contributed by atoms with E-state index < -0.39 is 0 Å². The highest BCUT2D eigenvalue weighted by Crippen LogP contribution is 2.33. The van der Waals surface area contributed by atoms with Crippen LogP contribution in [0.15, 0.2) is 28.8 Å². The van der Waals surface area contributed by atoms with Crippen molar-refractivity contribution in [3.8, 4) is 11.4 Å². The number of likely N-dealkylation sites (N-methyl/N-ethyl adjacent to an activating group) is 1. The molecule has 0 aliphatic heterocycles. The summed E-state index contributed by atoms with van der Waals surface area (Å²) in [5.41, 5.74) is 2.34. The first-order chi connectivity index (χ1) is 10.2. The van der Waals surface area contributed by atoms with Crippen molar-refractivity contribution in [2.45, 2.75) is 45.1 Å². The molecule has 1 fully saturated rings. The molecule has 1 N–H and O–H groups in total. The maximum atomic E-state index is 5.41. The fraction of sp³-hybridized carbons (Fsp3) is 0.529. The number of nitrogens with zero attached hydrogens (tertiary/aromatic N) is 2. The number of aromatic nitrogens is 2. The summed E-state index contributed by atoms with van der Waals surface area (Å²) in [4.78, 5) is 4.54. The van der Waals surface area contributed by atoms with Gasteiger partial charge in [-0.25, -0.2) is 0 Å². The summed E-state index contributed by atoms with van der Waals surface area (Å²) >= 11 is 0. The zero-order chi connectivity index (χ0) is 14.8. The van der Waals surface area contributed by atoms with E-state index in [2.05, 4.69) is 53.6 Å². The van der Waals surface area contributed by atoms with Gasteiger partial charge in [0, 0.05) is 18.0 Å². The average Bonchev–Trinajstić information content (AvgIpc) is 3.23. The molecule has 2 aromatic rings. The number of hydrogen-bond donors (Lipinski definition) is 1. The van der Waals surface area contributed by atoms with Gasteiger partial charge < -0.3 is 9.84 Å². The van der Waals surface area contributed by atoms with Crippen LogP contribution in [-0.4, -0.2) is 23.2 Å². The van der Waals surface area contributed by atoms with E-state index in [1.165, 1.54) is 18.4 Å². The highest BCUT2D eigenvalue weighted by Gasteiger charge is 2.31. The van der Waals surface area contributed by atoms with Gasteiger partial charge in [-0.1, -0.05) is 43.3 Å². The molecule has 0 bridgehead atoms. The van der Waals surface area contributed by atoms with Crippen molar-refractivity contribution in [1.82, 2.24) is 15.5 Å². The zero-order valence-electron chi connectivity index (χ0n) is 13.0. The summed E-state index contributed by atoms with van der Waals surface area (Å²) < 4.78 is 5.41.